The zero-order chi connectivity index (χ0) is 66.1. The maximum Gasteiger partial charge on any atom is 0.220 e. The van der Waals surface area contributed by atoms with Crippen LogP contribution < -0.4 is 5.32 Å². The largest absolute Gasteiger partial charge is 0.394 e. The number of hydrogen-bond donors (Lipinski definition) is 12. The van der Waals surface area contributed by atoms with Crippen molar-refractivity contribution in [3.63, 3.8) is 0 Å². The van der Waals surface area contributed by atoms with Gasteiger partial charge in [0.25, 0.3) is 0 Å². The number of carbonyl (C=O) groups excluding carboxylic acids is 1. The van der Waals surface area contributed by atoms with Crippen molar-refractivity contribution in [2.45, 2.75) is 324 Å². The molecule has 3 saturated heterocycles. The fraction of sp³-hybridized carbons (Fsp3) is 0.764. The Bertz CT molecular complexity index is 2030. The molecule has 0 aromatic rings. The van der Waals surface area contributed by atoms with Gasteiger partial charge in [-0.15, -0.1) is 0 Å². The Balaban J connectivity index is 1.41. The van der Waals surface area contributed by atoms with Gasteiger partial charge in [-0.3, -0.25) is 4.79 Å². The van der Waals surface area contributed by atoms with Crippen molar-refractivity contribution in [3.05, 3.63) is 97.2 Å². The van der Waals surface area contributed by atoms with Crippen molar-refractivity contribution in [1.82, 2.24) is 5.32 Å². The number of hydrogen-bond acceptors (Lipinski definition) is 18. The first-order chi connectivity index (χ1) is 44.3. The summed E-state index contributed by atoms with van der Waals surface area (Å²) in [5, 5.41) is 120. The van der Waals surface area contributed by atoms with Crippen LogP contribution in [0, 0.1) is 0 Å². The zero-order valence-electron chi connectivity index (χ0n) is 55.3. The second-order valence-electron chi connectivity index (χ2n) is 24.6. The second kappa shape index (κ2) is 52.9. The van der Waals surface area contributed by atoms with Gasteiger partial charge in [0.05, 0.1) is 38.6 Å². The van der Waals surface area contributed by atoms with E-state index in [1.54, 1.807) is 6.08 Å². The van der Waals surface area contributed by atoms with Crippen molar-refractivity contribution in [3.8, 4) is 0 Å². The lowest BCUT2D eigenvalue weighted by atomic mass is 9.96. The van der Waals surface area contributed by atoms with Gasteiger partial charge in [-0.1, -0.05) is 233 Å². The minimum Gasteiger partial charge on any atom is -0.394 e. The van der Waals surface area contributed by atoms with E-state index >= 15 is 0 Å². The summed E-state index contributed by atoms with van der Waals surface area (Å²) < 4.78 is 34.3. The van der Waals surface area contributed by atoms with Crippen molar-refractivity contribution >= 4 is 5.91 Å². The summed E-state index contributed by atoms with van der Waals surface area (Å²) in [5.41, 5.74) is 0. The van der Waals surface area contributed by atoms with Gasteiger partial charge in [-0.05, 0) is 77.0 Å². The van der Waals surface area contributed by atoms with E-state index in [9.17, 15) is 61.0 Å². The monoisotopic (exact) mass is 1290 g/mol. The lowest BCUT2D eigenvalue weighted by molar-refractivity contribution is -0.379. The van der Waals surface area contributed by atoms with Crippen LogP contribution in [0.15, 0.2) is 97.2 Å². The van der Waals surface area contributed by atoms with Crippen molar-refractivity contribution in [2.75, 3.05) is 26.4 Å². The summed E-state index contributed by atoms with van der Waals surface area (Å²) >= 11 is 0. The molecule has 3 rings (SSSR count). The van der Waals surface area contributed by atoms with E-state index in [1.807, 2.05) is 6.08 Å². The molecule has 0 aromatic heterocycles. The zero-order valence-corrected chi connectivity index (χ0v) is 55.3. The number of carbonyl (C=O) groups is 1. The highest BCUT2D eigenvalue weighted by atomic mass is 16.8. The predicted molar refractivity (Wildman–Crippen MR) is 355 cm³/mol. The van der Waals surface area contributed by atoms with Crippen molar-refractivity contribution in [2.24, 2.45) is 0 Å². The number of allylic oxidation sites excluding steroid dienone is 15. The average molecular weight is 1290 g/mol. The summed E-state index contributed by atoms with van der Waals surface area (Å²) in [6.45, 7) is 1.60. The molecule has 3 aliphatic rings. The quantitative estimate of drug-likeness (QED) is 0.0199. The van der Waals surface area contributed by atoms with Gasteiger partial charge in [0.2, 0.25) is 5.91 Å². The van der Waals surface area contributed by atoms with E-state index in [2.05, 4.69) is 104 Å². The lowest BCUT2D eigenvalue weighted by Crippen LogP contribution is -2.66. The highest BCUT2D eigenvalue weighted by molar-refractivity contribution is 5.76. The van der Waals surface area contributed by atoms with Crippen LogP contribution in [-0.4, -0.2) is 193 Å². The normalized spacial score (nSPS) is 28.5. The molecule has 3 heterocycles. The molecule has 0 aromatic carbocycles. The summed E-state index contributed by atoms with van der Waals surface area (Å²) in [5.74, 6) is -0.286. The van der Waals surface area contributed by atoms with Crippen LogP contribution in [0.2, 0.25) is 0 Å². The van der Waals surface area contributed by atoms with Crippen LogP contribution in [0.4, 0.5) is 0 Å². The minimum absolute atomic E-state index is 0.230. The number of nitrogens with one attached hydrogen (secondary N) is 1. The van der Waals surface area contributed by atoms with E-state index in [0.717, 1.165) is 103 Å². The Hall–Kier alpha value is -3.29. The third-order valence-corrected chi connectivity index (χ3v) is 16.9. The molecule has 0 aliphatic carbocycles. The summed E-state index contributed by atoms with van der Waals surface area (Å²) in [6, 6.07) is -0.983. The molecule has 3 fully saturated rings. The van der Waals surface area contributed by atoms with E-state index in [1.165, 1.54) is 89.9 Å². The molecule has 19 heteroatoms. The molecule has 17 unspecified atom stereocenters. The van der Waals surface area contributed by atoms with Gasteiger partial charge >= 0.3 is 0 Å². The molecule has 0 bridgehead atoms. The fourth-order valence-corrected chi connectivity index (χ4v) is 11.2. The summed E-state index contributed by atoms with van der Waals surface area (Å²) in [4.78, 5) is 13.4. The Morgan fingerprint density at radius 3 is 1.19 bits per heavy atom. The Kier molecular flexibility index (Phi) is 47.7. The number of aliphatic hydroxyl groups excluding tert-OH is 11. The summed E-state index contributed by atoms with van der Waals surface area (Å²) in [7, 11) is 0. The van der Waals surface area contributed by atoms with Crippen LogP contribution in [0.5, 0.6) is 0 Å². The maximum atomic E-state index is 13.4. The molecule has 524 valence electrons. The Labute approximate surface area is 545 Å². The van der Waals surface area contributed by atoms with Gasteiger partial charge in [0.15, 0.2) is 18.9 Å². The van der Waals surface area contributed by atoms with Crippen LogP contribution in [0.3, 0.4) is 0 Å². The van der Waals surface area contributed by atoms with Crippen LogP contribution in [0.25, 0.3) is 0 Å². The van der Waals surface area contributed by atoms with Crippen LogP contribution >= 0.6 is 0 Å². The molecule has 91 heavy (non-hydrogen) atoms. The molecule has 3 aliphatic heterocycles. The Morgan fingerprint density at radius 2 is 0.758 bits per heavy atom. The minimum atomic E-state index is -1.98. The van der Waals surface area contributed by atoms with Gasteiger partial charge in [0, 0.05) is 6.42 Å². The molecule has 0 spiro atoms. The van der Waals surface area contributed by atoms with Crippen molar-refractivity contribution < 1.29 is 89.4 Å². The molecule has 12 N–H and O–H groups in total. The van der Waals surface area contributed by atoms with E-state index in [4.69, 9.17) is 28.4 Å². The maximum absolute atomic E-state index is 13.4. The number of rotatable bonds is 52. The molecule has 17 atom stereocenters. The average Bonchev–Trinajstić information content (AvgIpc) is 0.876. The van der Waals surface area contributed by atoms with Gasteiger partial charge in [-0.2, -0.15) is 0 Å². The number of unbranched alkanes of at least 4 members (excludes halogenated alkanes) is 22. The molecule has 0 radical (unpaired) electrons. The molecular formula is C72H123NO18. The smallest absolute Gasteiger partial charge is 0.220 e. The van der Waals surface area contributed by atoms with E-state index in [-0.39, 0.29) is 18.9 Å². The third-order valence-electron chi connectivity index (χ3n) is 16.9. The molecule has 19 nitrogen and oxygen atoms in total. The lowest BCUT2D eigenvalue weighted by Gasteiger charge is -2.48. The summed E-state index contributed by atoms with van der Waals surface area (Å²) in [6.07, 6.45) is 42.3. The van der Waals surface area contributed by atoms with Gasteiger partial charge < -0.3 is 89.9 Å². The number of amides is 1. The van der Waals surface area contributed by atoms with Crippen molar-refractivity contribution in [1.29, 1.82) is 0 Å². The second-order valence-corrected chi connectivity index (χ2v) is 24.6. The highest BCUT2D eigenvalue weighted by Gasteiger charge is 2.53. The molecular weight excluding hydrogens is 1170 g/mol. The standard InChI is InChI=1S/C72H123NO18/c1-3-5-7-9-11-13-15-17-19-20-21-22-23-24-25-26-27-28-29-30-31-32-33-34-36-38-40-42-44-46-48-50-60(78)73-55(56(77)49-47-45-43-41-39-37-35-18-16-14-12-10-8-6-4-2)54-86-70-66(84)63(81)68(58(52-75)88-70)91-72-67(85)64(82)69(59(53-76)89-72)90-71-65(83)62(80)61(79)57(51-74)87-71/h5,7,11,13,17,19,21-22,24-25,27-28,30-31,47,49,55-59,61-72,74-77,79-85H,3-4,6,8-10,12,14-16,18,20,23,26,29,32-46,48,50-54H2,1-2H3,(H,73,78)/b7-5-,13-11-,19-17-,22-21-,25-24-,28-27-,31-30-,49-47+. The van der Waals surface area contributed by atoms with E-state index in [0.29, 0.717) is 6.42 Å². The Morgan fingerprint density at radius 1 is 0.407 bits per heavy atom. The first-order valence-corrected chi connectivity index (χ1v) is 35.0. The number of aliphatic hydroxyl groups is 11. The molecule has 1 amide bonds. The first-order valence-electron chi connectivity index (χ1n) is 35.0. The van der Waals surface area contributed by atoms with Crippen LogP contribution in [0.1, 0.15) is 219 Å². The third kappa shape index (κ3) is 34.8. The fourth-order valence-electron chi connectivity index (χ4n) is 11.2. The SMILES string of the molecule is CC/C=C\C/C=C\C/C=C\C/C=C\C/C=C\C/C=C\C/C=C\CCCCCCCCCCCC(=O)NC(COC1OC(CO)C(OC2OC(CO)C(OC3OC(CO)C(O)C(O)C3O)C(O)C2O)C(O)C1O)C(O)/C=C/CCCCCCCCCCCCCCC. The topological polar surface area (TPSA) is 307 Å². The first kappa shape index (κ1) is 81.9. The van der Waals surface area contributed by atoms with Gasteiger partial charge in [0.1, 0.15) is 73.2 Å². The number of ether oxygens (including phenoxy) is 6. The highest BCUT2D eigenvalue weighted by Crippen LogP contribution is 2.33. The predicted octanol–water partition coefficient (Wildman–Crippen LogP) is 9.27. The molecule has 0 saturated carbocycles. The van der Waals surface area contributed by atoms with Gasteiger partial charge in [-0.25, -0.2) is 0 Å². The van der Waals surface area contributed by atoms with Crippen LogP contribution in [-0.2, 0) is 33.2 Å². The van der Waals surface area contributed by atoms with E-state index < -0.39 is 124 Å².